The molecular formula is C13H13IN2O2. The molecule has 2 aromatic rings. The van der Waals surface area contributed by atoms with Gasteiger partial charge in [-0.2, -0.15) is 0 Å². The highest BCUT2D eigenvalue weighted by Gasteiger charge is 2.06. The van der Waals surface area contributed by atoms with Crippen LogP contribution >= 0.6 is 22.6 Å². The van der Waals surface area contributed by atoms with Gasteiger partial charge in [-0.3, -0.25) is 9.36 Å². The Balaban J connectivity index is 2.43. The van der Waals surface area contributed by atoms with E-state index in [0.29, 0.717) is 10.1 Å². The van der Waals surface area contributed by atoms with Crippen LogP contribution < -0.4 is 11.2 Å². The molecule has 5 heteroatoms. The number of aromatic nitrogens is 2. The van der Waals surface area contributed by atoms with E-state index in [1.807, 2.05) is 46.9 Å². The highest BCUT2D eigenvalue weighted by atomic mass is 127. The van der Waals surface area contributed by atoms with Crippen LogP contribution in [0, 0.1) is 3.57 Å². The second-order valence-corrected chi connectivity index (χ2v) is 5.17. The zero-order valence-corrected chi connectivity index (χ0v) is 12.1. The maximum absolute atomic E-state index is 11.9. The molecule has 0 radical (unpaired) electrons. The number of H-pyrrole nitrogens is 1. The summed E-state index contributed by atoms with van der Waals surface area (Å²) in [6.07, 6.45) is 2.37. The highest BCUT2D eigenvalue weighted by molar-refractivity contribution is 14.1. The van der Waals surface area contributed by atoms with E-state index in [1.54, 1.807) is 0 Å². The summed E-state index contributed by atoms with van der Waals surface area (Å²) >= 11 is 1.92. The van der Waals surface area contributed by atoms with Gasteiger partial charge in [0.15, 0.2) is 0 Å². The van der Waals surface area contributed by atoms with Gasteiger partial charge in [-0.1, -0.05) is 31.2 Å². The number of benzene rings is 1. The smallest absolute Gasteiger partial charge is 0.313 e. The lowest BCUT2D eigenvalue weighted by atomic mass is 10.1. The third-order valence-corrected chi connectivity index (χ3v) is 3.53. The summed E-state index contributed by atoms with van der Waals surface area (Å²) in [5, 5.41) is 0. The number of aromatic amines is 1. The first-order valence-electron chi connectivity index (χ1n) is 5.67. The normalized spacial score (nSPS) is 10.6. The maximum atomic E-state index is 11.9. The van der Waals surface area contributed by atoms with Crippen molar-refractivity contribution in [2.24, 2.45) is 0 Å². The summed E-state index contributed by atoms with van der Waals surface area (Å²) in [5.41, 5.74) is 1.54. The average Bonchev–Trinajstić information content (AvgIpc) is 2.39. The van der Waals surface area contributed by atoms with E-state index in [9.17, 15) is 9.59 Å². The molecule has 0 atom stereocenters. The Labute approximate surface area is 118 Å². The van der Waals surface area contributed by atoms with Crippen LogP contribution in [-0.2, 0) is 13.0 Å². The topological polar surface area (TPSA) is 54.9 Å². The van der Waals surface area contributed by atoms with Crippen LogP contribution in [0.25, 0.3) is 0 Å². The van der Waals surface area contributed by atoms with Crippen LogP contribution in [0.4, 0.5) is 0 Å². The molecule has 1 aromatic heterocycles. The Bertz CT molecular complexity index is 673. The fraction of sp³-hybridized carbons (Fsp3) is 0.231. The molecule has 0 aliphatic heterocycles. The molecule has 0 aliphatic carbocycles. The van der Waals surface area contributed by atoms with Gasteiger partial charge in [-0.05, 0) is 40.1 Å². The lowest BCUT2D eigenvalue weighted by Crippen LogP contribution is -2.36. The number of nitrogens with one attached hydrogen (secondary N) is 1. The van der Waals surface area contributed by atoms with Gasteiger partial charge in [0.05, 0.1) is 10.1 Å². The van der Waals surface area contributed by atoms with Crippen LogP contribution in [-0.4, -0.2) is 9.55 Å². The number of halogens is 1. The third kappa shape index (κ3) is 2.72. The Kier molecular flexibility index (Phi) is 4.00. The quantitative estimate of drug-likeness (QED) is 0.852. The summed E-state index contributed by atoms with van der Waals surface area (Å²) in [6, 6.07) is 7.92. The van der Waals surface area contributed by atoms with Gasteiger partial charge in [0, 0.05) is 6.20 Å². The van der Waals surface area contributed by atoms with Crippen molar-refractivity contribution < 1.29 is 0 Å². The number of nitrogens with zero attached hydrogens (tertiary/aromatic N) is 1. The number of rotatable bonds is 3. The fourth-order valence-electron chi connectivity index (χ4n) is 1.76. The van der Waals surface area contributed by atoms with Gasteiger partial charge >= 0.3 is 5.69 Å². The second kappa shape index (κ2) is 5.51. The molecule has 0 aliphatic rings. The SMILES string of the molecule is CCc1cccc(Cn2c(=O)[nH]cc(I)c2=O)c1. The number of aryl methyl sites for hydroxylation is 1. The van der Waals surface area contributed by atoms with E-state index in [0.717, 1.165) is 12.0 Å². The van der Waals surface area contributed by atoms with Crippen LogP contribution in [0.1, 0.15) is 18.1 Å². The zero-order valence-electron chi connectivity index (χ0n) is 9.94. The summed E-state index contributed by atoms with van der Waals surface area (Å²) < 4.78 is 1.73. The molecule has 1 heterocycles. The molecule has 94 valence electrons. The fourth-order valence-corrected chi connectivity index (χ4v) is 2.21. The zero-order chi connectivity index (χ0) is 13.1. The van der Waals surface area contributed by atoms with Crippen molar-refractivity contribution in [2.75, 3.05) is 0 Å². The predicted molar refractivity (Wildman–Crippen MR) is 79.0 cm³/mol. The van der Waals surface area contributed by atoms with Crippen LogP contribution in [0.3, 0.4) is 0 Å². The summed E-state index contributed by atoms with van der Waals surface area (Å²) in [7, 11) is 0. The van der Waals surface area contributed by atoms with Gasteiger partial charge in [0.1, 0.15) is 0 Å². The Hall–Kier alpha value is -1.37. The van der Waals surface area contributed by atoms with Crippen molar-refractivity contribution in [2.45, 2.75) is 19.9 Å². The van der Waals surface area contributed by atoms with E-state index in [-0.39, 0.29) is 11.2 Å². The molecule has 0 amide bonds. The van der Waals surface area contributed by atoms with E-state index in [4.69, 9.17) is 0 Å². The second-order valence-electron chi connectivity index (χ2n) is 4.01. The van der Waals surface area contributed by atoms with Gasteiger partial charge in [-0.15, -0.1) is 0 Å². The first-order valence-corrected chi connectivity index (χ1v) is 6.75. The maximum Gasteiger partial charge on any atom is 0.328 e. The van der Waals surface area contributed by atoms with E-state index >= 15 is 0 Å². The van der Waals surface area contributed by atoms with E-state index in [1.165, 1.54) is 16.3 Å². The lowest BCUT2D eigenvalue weighted by Gasteiger charge is -2.06. The van der Waals surface area contributed by atoms with Crippen LogP contribution in [0.5, 0.6) is 0 Å². The molecule has 0 bridgehead atoms. The largest absolute Gasteiger partial charge is 0.328 e. The molecule has 18 heavy (non-hydrogen) atoms. The summed E-state index contributed by atoms with van der Waals surface area (Å²) in [6.45, 7) is 2.38. The lowest BCUT2D eigenvalue weighted by molar-refractivity contribution is 0.692. The van der Waals surface area contributed by atoms with E-state index in [2.05, 4.69) is 11.9 Å². The average molecular weight is 356 g/mol. The molecule has 1 aromatic carbocycles. The van der Waals surface area contributed by atoms with Crippen molar-refractivity contribution in [1.29, 1.82) is 0 Å². The highest BCUT2D eigenvalue weighted by Crippen LogP contribution is 2.06. The minimum absolute atomic E-state index is 0.249. The van der Waals surface area contributed by atoms with Crippen molar-refractivity contribution in [1.82, 2.24) is 9.55 Å². The van der Waals surface area contributed by atoms with Gasteiger partial charge in [0.25, 0.3) is 5.56 Å². The molecule has 4 nitrogen and oxygen atoms in total. The Morgan fingerprint density at radius 3 is 2.72 bits per heavy atom. The van der Waals surface area contributed by atoms with Crippen molar-refractivity contribution in [3.05, 3.63) is 66.0 Å². The summed E-state index contributed by atoms with van der Waals surface area (Å²) in [5.74, 6) is 0. The Morgan fingerprint density at radius 2 is 2.00 bits per heavy atom. The van der Waals surface area contributed by atoms with Gasteiger partial charge < -0.3 is 4.98 Å². The molecule has 0 spiro atoms. The molecule has 0 fully saturated rings. The van der Waals surface area contributed by atoms with Crippen LogP contribution in [0.15, 0.2) is 40.1 Å². The minimum atomic E-state index is -0.373. The van der Waals surface area contributed by atoms with Crippen molar-refractivity contribution in [3.8, 4) is 0 Å². The first-order chi connectivity index (χ1) is 8.61. The molecule has 0 saturated heterocycles. The van der Waals surface area contributed by atoms with Crippen molar-refractivity contribution in [3.63, 3.8) is 0 Å². The van der Waals surface area contributed by atoms with E-state index < -0.39 is 0 Å². The molecule has 2 rings (SSSR count). The molecular weight excluding hydrogens is 343 g/mol. The third-order valence-electron chi connectivity index (χ3n) is 2.76. The molecule has 0 saturated carbocycles. The van der Waals surface area contributed by atoms with Crippen LogP contribution in [0.2, 0.25) is 0 Å². The monoisotopic (exact) mass is 356 g/mol. The number of hydrogen-bond donors (Lipinski definition) is 1. The van der Waals surface area contributed by atoms with Gasteiger partial charge in [-0.25, -0.2) is 4.79 Å². The standard InChI is InChI=1S/C13H13IN2O2/c1-2-9-4-3-5-10(6-9)8-16-12(17)11(14)7-15-13(16)18/h3-7H,2,8H2,1H3,(H,15,18). The first kappa shape index (κ1) is 13.1. The minimum Gasteiger partial charge on any atom is -0.313 e. The number of hydrogen-bond acceptors (Lipinski definition) is 2. The molecule has 0 unspecified atom stereocenters. The molecule has 1 N–H and O–H groups in total. The Morgan fingerprint density at radius 1 is 1.28 bits per heavy atom. The van der Waals surface area contributed by atoms with Gasteiger partial charge in [0.2, 0.25) is 0 Å². The summed E-state index contributed by atoms with van der Waals surface area (Å²) in [4.78, 5) is 26.1. The predicted octanol–water partition coefficient (Wildman–Crippen LogP) is 1.75. The van der Waals surface area contributed by atoms with Crippen molar-refractivity contribution >= 4 is 22.6 Å².